The molecule has 40 heavy (non-hydrogen) atoms. The molecule has 1 aliphatic heterocycles. The van der Waals surface area contributed by atoms with E-state index in [1.54, 1.807) is 4.90 Å². The molecule has 10 heteroatoms. The third kappa shape index (κ3) is 4.59. The van der Waals surface area contributed by atoms with Crippen molar-refractivity contribution < 1.29 is 24.0 Å². The van der Waals surface area contributed by atoms with Crippen LogP contribution in [-0.4, -0.2) is 64.6 Å². The van der Waals surface area contributed by atoms with Gasteiger partial charge in [-0.15, -0.1) is 0 Å². The summed E-state index contributed by atoms with van der Waals surface area (Å²) in [5.41, 5.74) is 4.59. The molecule has 3 spiro atoms. The first-order valence-electron chi connectivity index (χ1n) is 15.0. The van der Waals surface area contributed by atoms with Crippen molar-refractivity contribution in [1.29, 1.82) is 0 Å². The Labute approximate surface area is 237 Å². The Kier molecular flexibility index (Phi) is 6.62. The summed E-state index contributed by atoms with van der Waals surface area (Å²) in [6, 6.07) is -3.05. The number of Topliss-reactive ketones (excluding diaryl/α,β-unsaturated/α-hetero) is 1. The molecule has 0 aromatic rings. The first-order valence-corrected chi connectivity index (χ1v) is 15.0. The molecule has 5 rings (SSSR count). The van der Waals surface area contributed by atoms with Crippen LogP contribution in [0, 0.1) is 27.6 Å². The SMILES string of the molecule is CC(C)(C)NC(=O)N[C@H](C(=O)N1CC2(C[C@H]1C(=O)NC(CC1CCC1)C(=O)C(N)=O)C1(CC1)C21CC1)C(C)(C)C. The van der Waals surface area contributed by atoms with Gasteiger partial charge < -0.3 is 26.6 Å². The molecular formula is C30H47N5O5. The fourth-order valence-electron chi connectivity index (χ4n) is 8.30. The average Bonchev–Trinajstić information content (AvgIpc) is 3.74. The van der Waals surface area contributed by atoms with Crippen molar-refractivity contribution in [3.63, 3.8) is 0 Å². The second-order valence-electron chi connectivity index (χ2n) is 15.4. The van der Waals surface area contributed by atoms with Crippen LogP contribution in [0.4, 0.5) is 4.79 Å². The average molecular weight is 558 g/mol. The minimum atomic E-state index is -1.06. The van der Waals surface area contributed by atoms with Crippen molar-refractivity contribution in [1.82, 2.24) is 20.9 Å². The molecule has 0 aromatic carbocycles. The first kappa shape index (κ1) is 28.9. The lowest BCUT2D eigenvalue weighted by Crippen LogP contribution is -2.61. The van der Waals surface area contributed by atoms with E-state index in [2.05, 4.69) is 16.0 Å². The van der Waals surface area contributed by atoms with Gasteiger partial charge in [0.25, 0.3) is 5.91 Å². The molecule has 1 heterocycles. The molecule has 3 atom stereocenters. The topological polar surface area (TPSA) is 151 Å². The van der Waals surface area contributed by atoms with Crippen molar-refractivity contribution in [2.45, 2.75) is 123 Å². The maximum Gasteiger partial charge on any atom is 0.315 e. The van der Waals surface area contributed by atoms with Crippen LogP contribution in [-0.2, 0) is 19.2 Å². The first-order chi connectivity index (χ1) is 18.5. The summed E-state index contributed by atoms with van der Waals surface area (Å²) in [6.07, 6.45) is 8.42. The van der Waals surface area contributed by atoms with Crippen molar-refractivity contribution >= 4 is 29.5 Å². The number of hydrogen-bond donors (Lipinski definition) is 4. The number of likely N-dealkylation sites (tertiary alicyclic amines) is 1. The van der Waals surface area contributed by atoms with Crippen LogP contribution in [0.1, 0.15) is 99.3 Å². The molecule has 5 amide bonds. The zero-order valence-corrected chi connectivity index (χ0v) is 24.9. The number of ketones is 1. The maximum absolute atomic E-state index is 14.3. The Balaban J connectivity index is 1.40. The number of urea groups is 1. The minimum Gasteiger partial charge on any atom is -0.363 e. The standard InChI is InChI=1S/C30H47N5O5/c1-26(2,3)21(33-25(40)34-27(4,5)6)24(39)35-16-30(28(10-11-28)29(30)12-13-29)15-19(35)23(38)32-18(20(36)22(31)37)14-17-8-7-9-17/h17-19,21H,7-16H2,1-6H3,(H2,31,37)(H,32,38)(H2,33,34,40)/t18?,19-,21+/m0/s1. The minimum absolute atomic E-state index is 0.0923. The highest BCUT2D eigenvalue weighted by molar-refractivity contribution is 6.37. The molecule has 0 radical (unpaired) electrons. The normalized spacial score (nSPS) is 26.6. The quantitative estimate of drug-likeness (QED) is 0.338. The fourth-order valence-corrected chi connectivity index (χ4v) is 8.30. The summed E-state index contributed by atoms with van der Waals surface area (Å²) < 4.78 is 0. The molecule has 4 aliphatic carbocycles. The van der Waals surface area contributed by atoms with Gasteiger partial charge in [0, 0.05) is 17.5 Å². The summed E-state index contributed by atoms with van der Waals surface area (Å²) >= 11 is 0. The van der Waals surface area contributed by atoms with Gasteiger partial charge in [-0.2, -0.15) is 0 Å². The third-order valence-corrected chi connectivity index (χ3v) is 10.7. The fraction of sp³-hybridized carbons (Fsp3) is 0.833. The number of hydrogen-bond acceptors (Lipinski definition) is 5. The van der Waals surface area contributed by atoms with E-state index in [4.69, 9.17) is 5.73 Å². The predicted molar refractivity (Wildman–Crippen MR) is 149 cm³/mol. The second-order valence-corrected chi connectivity index (χ2v) is 15.4. The lowest BCUT2D eigenvalue weighted by Gasteiger charge is -2.36. The molecule has 5 aliphatic rings. The molecule has 0 bridgehead atoms. The van der Waals surface area contributed by atoms with Crippen molar-refractivity contribution in [2.75, 3.05) is 6.54 Å². The van der Waals surface area contributed by atoms with Crippen LogP contribution >= 0.6 is 0 Å². The van der Waals surface area contributed by atoms with E-state index in [0.717, 1.165) is 44.9 Å². The second kappa shape index (κ2) is 9.18. The van der Waals surface area contributed by atoms with Crippen LogP contribution in [0.5, 0.6) is 0 Å². The number of nitrogens with zero attached hydrogens (tertiary/aromatic N) is 1. The van der Waals surface area contributed by atoms with Gasteiger partial charge in [0.2, 0.25) is 17.6 Å². The zero-order valence-electron chi connectivity index (χ0n) is 24.9. The van der Waals surface area contributed by atoms with E-state index in [1.807, 2.05) is 41.5 Å². The van der Waals surface area contributed by atoms with Gasteiger partial charge in [-0.05, 0) is 81.5 Å². The molecule has 5 N–H and O–H groups in total. The number of amides is 5. The lowest BCUT2D eigenvalue weighted by atomic mass is 9.80. The van der Waals surface area contributed by atoms with Crippen LogP contribution in [0.25, 0.3) is 0 Å². The van der Waals surface area contributed by atoms with Crippen LogP contribution < -0.4 is 21.7 Å². The molecule has 0 aromatic heterocycles. The van der Waals surface area contributed by atoms with Crippen LogP contribution in [0.3, 0.4) is 0 Å². The summed E-state index contributed by atoms with van der Waals surface area (Å²) in [5, 5.41) is 8.62. The Bertz CT molecular complexity index is 1100. The van der Waals surface area contributed by atoms with Gasteiger partial charge in [-0.25, -0.2) is 4.79 Å². The number of carbonyl (C=O) groups excluding carboxylic acids is 5. The van der Waals surface area contributed by atoms with E-state index in [-0.39, 0.29) is 28.1 Å². The van der Waals surface area contributed by atoms with E-state index in [1.165, 1.54) is 0 Å². The van der Waals surface area contributed by atoms with Crippen molar-refractivity contribution in [3.05, 3.63) is 0 Å². The van der Waals surface area contributed by atoms with Gasteiger partial charge in [-0.3, -0.25) is 19.2 Å². The number of carbonyl (C=O) groups is 5. The van der Waals surface area contributed by atoms with Crippen LogP contribution in [0.15, 0.2) is 0 Å². The largest absolute Gasteiger partial charge is 0.363 e. The highest BCUT2D eigenvalue weighted by Crippen LogP contribution is 3.00. The van der Waals surface area contributed by atoms with Gasteiger partial charge in [-0.1, -0.05) is 40.0 Å². The monoisotopic (exact) mass is 557 g/mol. The highest BCUT2D eigenvalue weighted by atomic mass is 16.2. The third-order valence-electron chi connectivity index (χ3n) is 10.7. The van der Waals surface area contributed by atoms with Gasteiger partial charge in [0.1, 0.15) is 12.1 Å². The number of fused-ring (bicyclic) bond motifs is 3. The number of rotatable bonds is 8. The van der Waals surface area contributed by atoms with Gasteiger partial charge >= 0.3 is 6.03 Å². The maximum atomic E-state index is 14.3. The Morgan fingerprint density at radius 2 is 1.48 bits per heavy atom. The Morgan fingerprint density at radius 3 is 1.90 bits per heavy atom. The van der Waals surface area contributed by atoms with E-state index in [9.17, 15) is 24.0 Å². The summed E-state index contributed by atoms with van der Waals surface area (Å²) in [7, 11) is 0. The molecule has 1 saturated heterocycles. The Hall–Kier alpha value is -2.65. The lowest BCUT2D eigenvalue weighted by molar-refractivity contribution is -0.143. The van der Waals surface area contributed by atoms with Gasteiger partial charge in [0.05, 0.1) is 6.04 Å². The molecule has 1 unspecified atom stereocenters. The van der Waals surface area contributed by atoms with E-state index in [0.29, 0.717) is 19.4 Å². The van der Waals surface area contributed by atoms with Crippen molar-refractivity contribution in [3.8, 4) is 0 Å². The van der Waals surface area contributed by atoms with E-state index >= 15 is 0 Å². The Morgan fingerprint density at radius 1 is 0.900 bits per heavy atom. The van der Waals surface area contributed by atoms with Gasteiger partial charge in [0.15, 0.2) is 0 Å². The number of nitrogens with two attached hydrogens (primary N) is 1. The highest BCUT2D eigenvalue weighted by Gasteiger charge is 2.96. The molecule has 10 nitrogen and oxygen atoms in total. The summed E-state index contributed by atoms with van der Waals surface area (Å²) in [5.74, 6) is -2.27. The summed E-state index contributed by atoms with van der Waals surface area (Å²) in [6.45, 7) is 11.8. The van der Waals surface area contributed by atoms with Crippen molar-refractivity contribution in [2.24, 2.45) is 33.3 Å². The predicted octanol–water partition coefficient (Wildman–Crippen LogP) is 2.39. The zero-order chi connectivity index (χ0) is 29.5. The molecule has 4 saturated carbocycles. The molecular weight excluding hydrogens is 510 g/mol. The number of nitrogens with one attached hydrogen (secondary N) is 3. The molecule has 222 valence electrons. The smallest absolute Gasteiger partial charge is 0.315 e. The van der Waals surface area contributed by atoms with E-state index < -0.39 is 52.7 Å². The summed E-state index contributed by atoms with van der Waals surface area (Å²) in [4.78, 5) is 67.3. The number of primary amides is 1. The van der Waals surface area contributed by atoms with Crippen LogP contribution in [0.2, 0.25) is 0 Å². The molecule has 5 fully saturated rings.